The number of benzene rings is 1. The lowest BCUT2D eigenvalue weighted by Gasteiger charge is -2.14. The first-order chi connectivity index (χ1) is 18.0. The molecule has 2 aliphatic rings. The molecule has 2 atom stereocenters. The molecule has 0 spiro atoms. The van der Waals surface area contributed by atoms with Gasteiger partial charge in [-0.25, -0.2) is 18.7 Å². The van der Waals surface area contributed by atoms with Crippen LogP contribution in [0.1, 0.15) is 12.1 Å². The number of ether oxygens (including phenoxy) is 3. The number of methoxy groups -OCH3 is 1. The van der Waals surface area contributed by atoms with E-state index in [0.29, 0.717) is 41.2 Å². The quantitative estimate of drug-likeness (QED) is 0.398. The Morgan fingerprint density at radius 3 is 2.86 bits per heavy atom. The molecule has 0 saturated carbocycles. The molecule has 5 rings (SSSR count). The maximum atomic E-state index is 15.1. The highest BCUT2D eigenvalue weighted by atomic mass is 19.1. The molecular formula is C24H23FN6O6. The molecule has 0 radical (unpaired) electrons. The van der Waals surface area contributed by atoms with Gasteiger partial charge in [0.15, 0.2) is 6.10 Å². The molecule has 12 nitrogen and oxygen atoms in total. The number of halogens is 1. The van der Waals surface area contributed by atoms with Gasteiger partial charge in [0.05, 0.1) is 30.7 Å². The highest BCUT2D eigenvalue weighted by Crippen LogP contribution is 2.29. The Bertz CT molecular complexity index is 1300. The molecule has 1 aromatic carbocycles. The number of cyclic esters (lactones) is 1. The van der Waals surface area contributed by atoms with Crippen LogP contribution in [0.2, 0.25) is 0 Å². The van der Waals surface area contributed by atoms with Gasteiger partial charge in [0.1, 0.15) is 30.8 Å². The van der Waals surface area contributed by atoms with E-state index >= 15 is 4.39 Å². The van der Waals surface area contributed by atoms with Crippen LogP contribution in [0.25, 0.3) is 11.1 Å². The fourth-order valence-corrected chi connectivity index (χ4v) is 4.01. The maximum absolute atomic E-state index is 15.1. The molecule has 2 aliphatic heterocycles. The number of hydrogen-bond acceptors (Lipinski definition) is 10. The number of carbonyl (C=O) groups is 2. The van der Waals surface area contributed by atoms with E-state index in [4.69, 9.17) is 19.0 Å². The molecule has 4 heterocycles. The van der Waals surface area contributed by atoms with Crippen molar-refractivity contribution >= 4 is 23.5 Å². The highest BCUT2D eigenvalue weighted by molar-refractivity contribution is 5.99. The molecule has 1 amide bonds. The van der Waals surface area contributed by atoms with Crippen LogP contribution in [-0.4, -0.2) is 76.8 Å². The van der Waals surface area contributed by atoms with Gasteiger partial charge in [0.25, 0.3) is 0 Å². The first-order valence-electron chi connectivity index (χ1n) is 11.5. The molecule has 3 aromatic rings. The van der Waals surface area contributed by atoms with E-state index in [0.717, 1.165) is 0 Å². The lowest BCUT2D eigenvalue weighted by molar-refractivity contribution is -0.151. The molecule has 0 N–H and O–H groups in total. The molecule has 0 bridgehead atoms. The standard InChI is InChI=1S/C24H23FN6O6/c1-34-14-23(32)35-13-17-9-22(28-37-17)21-5-2-15(10-26-21)19-4-3-16(8-20(19)25)31-12-18(36-24(31)33)11-30-7-6-27-29-30/h2-8,10,17-18H,9,11-14H2,1H3/t17-,18-/m0/s1. The minimum Gasteiger partial charge on any atom is -0.460 e. The van der Waals surface area contributed by atoms with Crippen molar-refractivity contribution in [3.63, 3.8) is 0 Å². The summed E-state index contributed by atoms with van der Waals surface area (Å²) >= 11 is 0. The molecule has 13 heteroatoms. The molecular weight excluding hydrogens is 487 g/mol. The van der Waals surface area contributed by atoms with Crippen LogP contribution in [0, 0.1) is 5.82 Å². The number of amides is 1. The minimum absolute atomic E-state index is 0.0522. The lowest BCUT2D eigenvalue weighted by Crippen LogP contribution is -2.26. The van der Waals surface area contributed by atoms with Gasteiger partial charge in [0.2, 0.25) is 0 Å². The maximum Gasteiger partial charge on any atom is 0.414 e. The minimum atomic E-state index is -0.547. The molecule has 192 valence electrons. The third-order valence-corrected chi connectivity index (χ3v) is 5.80. The Morgan fingerprint density at radius 2 is 2.14 bits per heavy atom. The fourth-order valence-electron chi connectivity index (χ4n) is 4.01. The second kappa shape index (κ2) is 10.7. The molecule has 2 aromatic heterocycles. The number of hydrogen-bond donors (Lipinski definition) is 0. The lowest BCUT2D eigenvalue weighted by atomic mass is 10.0. The Hall–Kier alpha value is -4.39. The topological polar surface area (TPSA) is 130 Å². The Labute approximate surface area is 210 Å². The van der Waals surface area contributed by atoms with Gasteiger partial charge in [-0.3, -0.25) is 9.88 Å². The zero-order valence-corrected chi connectivity index (χ0v) is 19.8. The van der Waals surface area contributed by atoms with Crippen molar-refractivity contribution in [3.05, 3.63) is 60.4 Å². The van der Waals surface area contributed by atoms with E-state index in [1.165, 1.54) is 18.1 Å². The Kier molecular flexibility index (Phi) is 7.03. The van der Waals surface area contributed by atoms with Crippen LogP contribution in [0.4, 0.5) is 14.9 Å². The summed E-state index contributed by atoms with van der Waals surface area (Å²) in [6.07, 6.45) is 3.80. The van der Waals surface area contributed by atoms with Gasteiger partial charge in [-0.2, -0.15) is 0 Å². The van der Waals surface area contributed by atoms with Crippen LogP contribution >= 0.6 is 0 Å². The van der Waals surface area contributed by atoms with E-state index in [9.17, 15) is 9.59 Å². The van der Waals surface area contributed by atoms with E-state index in [1.54, 1.807) is 47.5 Å². The molecule has 1 saturated heterocycles. The second-order valence-corrected chi connectivity index (χ2v) is 8.42. The van der Waals surface area contributed by atoms with E-state index in [2.05, 4.69) is 20.5 Å². The summed E-state index contributed by atoms with van der Waals surface area (Å²) in [5.41, 5.74) is 2.46. The smallest absolute Gasteiger partial charge is 0.414 e. The third kappa shape index (κ3) is 5.56. The predicted octanol–water partition coefficient (Wildman–Crippen LogP) is 2.19. The van der Waals surface area contributed by atoms with Crippen molar-refractivity contribution in [1.82, 2.24) is 20.0 Å². The molecule has 37 heavy (non-hydrogen) atoms. The monoisotopic (exact) mass is 510 g/mol. The summed E-state index contributed by atoms with van der Waals surface area (Å²) in [7, 11) is 1.41. The van der Waals surface area contributed by atoms with Crippen LogP contribution in [0.15, 0.2) is 54.1 Å². The SMILES string of the molecule is COCC(=O)OC[C@@H]1CC(c2ccc(-c3ccc(N4C[C@H](Cn5ccnn5)OC4=O)cc3F)cn2)=NO1. The summed E-state index contributed by atoms with van der Waals surface area (Å²) in [5.74, 6) is -0.984. The van der Waals surface area contributed by atoms with Gasteiger partial charge < -0.3 is 19.0 Å². The predicted molar refractivity (Wildman–Crippen MR) is 126 cm³/mol. The van der Waals surface area contributed by atoms with Crippen molar-refractivity contribution in [2.24, 2.45) is 5.16 Å². The van der Waals surface area contributed by atoms with E-state index in [-0.39, 0.29) is 19.8 Å². The second-order valence-electron chi connectivity index (χ2n) is 8.42. The van der Waals surface area contributed by atoms with Gasteiger partial charge >= 0.3 is 12.1 Å². The number of carbonyl (C=O) groups excluding carboxylic acids is 2. The summed E-state index contributed by atoms with van der Waals surface area (Å²) in [6, 6.07) is 8.01. The molecule has 0 unspecified atom stereocenters. The summed E-state index contributed by atoms with van der Waals surface area (Å²) < 4.78 is 31.8. The first-order valence-corrected chi connectivity index (χ1v) is 11.5. The summed E-state index contributed by atoms with van der Waals surface area (Å²) in [4.78, 5) is 34.9. The average Bonchev–Trinajstić information content (AvgIpc) is 3.65. The number of oxime groups is 1. The van der Waals surface area contributed by atoms with E-state index < -0.39 is 30.1 Å². The number of rotatable bonds is 9. The first kappa shape index (κ1) is 24.3. The zero-order chi connectivity index (χ0) is 25.8. The van der Waals surface area contributed by atoms with Crippen LogP contribution < -0.4 is 4.90 Å². The number of anilines is 1. The number of esters is 1. The third-order valence-electron chi connectivity index (χ3n) is 5.80. The number of nitrogens with zero attached hydrogens (tertiary/aromatic N) is 6. The van der Waals surface area contributed by atoms with Crippen molar-refractivity contribution in [2.75, 3.05) is 31.8 Å². The normalized spacial score (nSPS) is 18.9. The summed E-state index contributed by atoms with van der Waals surface area (Å²) in [6.45, 7) is 0.547. The number of aromatic nitrogens is 4. The van der Waals surface area contributed by atoms with Crippen molar-refractivity contribution in [2.45, 2.75) is 25.2 Å². The Balaban J connectivity index is 1.20. The van der Waals surface area contributed by atoms with Gasteiger partial charge in [-0.05, 0) is 24.3 Å². The molecule has 1 fully saturated rings. The fraction of sp³-hybridized carbons (Fsp3) is 0.333. The van der Waals surface area contributed by atoms with Crippen molar-refractivity contribution in [1.29, 1.82) is 0 Å². The van der Waals surface area contributed by atoms with Gasteiger partial charge in [0, 0.05) is 37.1 Å². The van der Waals surface area contributed by atoms with Gasteiger partial charge in [-0.1, -0.05) is 16.4 Å². The van der Waals surface area contributed by atoms with Crippen molar-refractivity contribution in [3.8, 4) is 11.1 Å². The largest absolute Gasteiger partial charge is 0.460 e. The Morgan fingerprint density at radius 1 is 1.24 bits per heavy atom. The molecule has 0 aliphatic carbocycles. The highest BCUT2D eigenvalue weighted by Gasteiger charge is 2.33. The van der Waals surface area contributed by atoms with Crippen molar-refractivity contribution < 1.29 is 33.0 Å². The summed E-state index contributed by atoms with van der Waals surface area (Å²) in [5, 5.41) is 11.6. The van der Waals surface area contributed by atoms with Gasteiger partial charge in [-0.15, -0.1) is 5.10 Å². The van der Waals surface area contributed by atoms with Crippen LogP contribution in [-0.2, 0) is 30.4 Å². The average molecular weight is 510 g/mol. The van der Waals surface area contributed by atoms with E-state index in [1.807, 2.05) is 0 Å². The zero-order valence-electron chi connectivity index (χ0n) is 19.8. The van der Waals surface area contributed by atoms with Crippen LogP contribution in [0.5, 0.6) is 0 Å². The number of pyridine rings is 1. The van der Waals surface area contributed by atoms with Crippen LogP contribution in [0.3, 0.4) is 0 Å².